The first-order valence-corrected chi connectivity index (χ1v) is 10.6. The van der Waals surface area contributed by atoms with E-state index in [1.165, 1.54) is 12.3 Å². The molecule has 2 aromatic heterocycles. The first-order valence-electron chi connectivity index (χ1n) is 10.2. The number of benzene rings is 1. The zero-order chi connectivity index (χ0) is 21.7. The number of carbonyl (C=O) groups excluding carboxylic acids is 1. The fourth-order valence-corrected chi connectivity index (χ4v) is 4.71. The highest BCUT2D eigenvalue weighted by atomic mass is 35.5. The van der Waals surface area contributed by atoms with E-state index in [2.05, 4.69) is 24.9 Å². The molecule has 4 heterocycles. The maximum atomic E-state index is 14.6. The summed E-state index contributed by atoms with van der Waals surface area (Å²) in [5.74, 6) is 0.903. The van der Waals surface area contributed by atoms with Crippen LogP contribution >= 0.6 is 11.6 Å². The third-order valence-electron chi connectivity index (χ3n) is 6.29. The van der Waals surface area contributed by atoms with Gasteiger partial charge in [0.2, 0.25) is 5.95 Å². The number of carbonyl (C=O) groups is 1. The molecule has 3 aromatic rings. The van der Waals surface area contributed by atoms with E-state index in [9.17, 15) is 9.18 Å². The van der Waals surface area contributed by atoms with Crippen LogP contribution in [0.3, 0.4) is 0 Å². The molecule has 31 heavy (non-hydrogen) atoms. The number of aryl methyl sites for hydroxylation is 2. The van der Waals surface area contributed by atoms with Crippen molar-refractivity contribution in [2.75, 3.05) is 29.4 Å². The Kier molecular flexibility index (Phi) is 4.89. The van der Waals surface area contributed by atoms with Gasteiger partial charge in [0, 0.05) is 37.3 Å². The van der Waals surface area contributed by atoms with Crippen molar-refractivity contribution in [1.82, 2.24) is 15.1 Å². The summed E-state index contributed by atoms with van der Waals surface area (Å²) in [6.45, 7) is 6.16. The molecule has 0 amide bonds. The maximum Gasteiger partial charge on any atom is 0.225 e. The molecular formula is C22H21ClFN5O2. The largest absolute Gasteiger partial charge is 0.365 e. The van der Waals surface area contributed by atoms with E-state index in [1.54, 1.807) is 12.1 Å². The minimum absolute atomic E-state index is 0.147. The SMILES string of the molecule is Cc1nc(N2CC[C@@H]3CN(c4ccc(F)c(-c5ccno5)c4C=O)[C@@H]3C2)nc(C)c1Cl. The van der Waals surface area contributed by atoms with Crippen LogP contribution in [0.4, 0.5) is 16.0 Å². The van der Waals surface area contributed by atoms with Gasteiger partial charge in [-0.1, -0.05) is 16.8 Å². The van der Waals surface area contributed by atoms with E-state index in [4.69, 9.17) is 16.1 Å². The number of hydrogen-bond donors (Lipinski definition) is 0. The lowest BCUT2D eigenvalue weighted by atomic mass is 9.81. The van der Waals surface area contributed by atoms with Crippen LogP contribution in [0.25, 0.3) is 11.3 Å². The Morgan fingerprint density at radius 1 is 1.19 bits per heavy atom. The molecule has 2 aliphatic rings. The van der Waals surface area contributed by atoms with Crippen LogP contribution in [0.5, 0.6) is 0 Å². The molecule has 1 aromatic carbocycles. The van der Waals surface area contributed by atoms with E-state index >= 15 is 0 Å². The molecule has 0 spiro atoms. The monoisotopic (exact) mass is 441 g/mol. The number of rotatable bonds is 4. The number of piperidine rings is 1. The fraction of sp³-hybridized carbons (Fsp3) is 0.364. The average molecular weight is 442 g/mol. The lowest BCUT2D eigenvalue weighted by molar-refractivity contribution is 0.112. The number of aldehydes is 1. The Hall–Kier alpha value is -3.00. The van der Waals surface area contributed by atoms with Gasteiger partial charge in [0.05, 0.1) is 39.8 Å². The number of nitrogens with zero attached hydrogens (tertiary/aromatic N) is 5. The summed E-state index contributed by atoms with van der Waals surface area (Å²) < 4.78 is 19.7. The summed E-state index contributed by atoms with van der Waals surface area (Å²) in [6, 6.07) is 4.78. The predicted octanol–water partition coefficient (Wildman–Crippen LogP) is 4.07. The minimum atomic E-state index is -0.509. The molecular weight excluding hydrogens is 421 g/mol. The predicted molar refractivity (Wildman–Crippen MR) is 115 cm³/mol. The van der Waals surface area contributed by atoms with Crippen molar-refractivity contribution in [2.45, 2.75) is 26.3 Å². The van der Waals surface area contributed by atoms with E-state index < -0.39 is 5.82 Å². The second-order valence-corrected chi connectivity index (χ2v) is 8.45. The molecule has 0 aliphatic carbocycles. The van der Waals surface area contributed by atoms with Crippen molar-refractivity contribution in [1.29, 1.82) is 0 Å². The Morgan fingerprint density at radius 3 is 2.65 bits per heavy atom. The molecule has 0 saturated carbocycles. The Balaban J connectivity index is 1.46. The standard InChI is InChI=1S/C22H21ClFN5O2/c1-12-21(23)13(2)27-22(26-12)28-8-6-14-9-29(18(14)10-28)17-4-3-16(24)20(15(17)11-30)19-5-7-25-31-19/h3-5,7,11,14,18H,6,8-10H2,1-2H3/t14-,18-/m1/s1. The second kappa shape index (κ2) is 7.60. The molecule has 0 N–H and O–H groups in total. The number of anilines is 2. The summed E-state index contributed by atoms with van der Waals surface area (Å²) in [6.07, 6.45) is 3.13. The van der Waals surface area contributed by atoms with Gasteiger partial charge in [-0.05, 0) is 32.4 Å². The molecule has 160 valence electrons. The second-order valence-electron chi connectivity index (χ2n) is 8.07. The fourth-order valence-electron chi connectivity index (χ4n) is 4.63. The summed E-state index contributed by atoms with van der Waals surface area (Å²) in [5.41, 5.74) is 2.65. The highest BCUT2D eigenvalue weighted by Crippen LogP contribution is 2.41. The highest BCUT2D eigenvalue weighted by Gasteiger charge is 2.44. The van der Waals surface area contributed by atoms with Crippen molar-refractivity contribution >= 4 is 29.5 Å². The smallest absolute Gasteiger partial charge is 0.225 e. The van der Waals surface area contributed by atoms with Crippen LogP contribution in [0, 0.1) is 25.6 Å². The quantitative estimate of drug-likeness (QED) is 0.565. The van der Waals surface area contributed by atoms with Crippen LogP contribution in [0.1, 0.15) is 28.2 Å². The van der Waals surface area contributed by atoms with Gasteiger partial charge in [0.15, 0.2) is 12.0 Å². The van der Waals surface area contributed by atoms with Crippen molar-refractivity contribution in [3.63, 3.8) is 0 Å². The molecule has 0 unspecified atom stereocenters. The Morgan fingerprint density at radius 2 is 1.97 bits per heavy atom. The molecule has 9 heteroatoms. The van der Waals surface area contributed by atoms with Crippen LogP contribution in [-0.4, -0.2) is 47.1 Å². The molecule has 0 radical (unpaired) electrons. The van der Waals surface area contributed by atoms with Crippen LogP contribution in [0.2, 0.25) is 5.02 Å². The molecule has 2 aliphatic heterocycles. The summed E-state index contributed by atoms with van der Waals surface area (Å²) in [4.78, 5) is 25.5. The van der Waals surface area contributed by atoms with Crippen LogP contribution in [-0.2, 0) is 0 Å². The van der Waals surface area contributed by atoms with E-state index in [-0.39, 0.29) is 22.9 Å². The summed E-state index contributed by atoms with van der Waals surface area (Å²) >= 11 is 6.23. The third-order valence-corrected chi connectivity index (χ3v) is 6.84. The number of aromatic nitrogens is 3. The lowest BCUT2D eigenvalue weighted by Gasteiger charge is -2.55. The lowest BCUT2D eigenvalue weighted by Crippen LogP contribution is -2.65. The normalized spacial score (nSPS) is 20.4. The summed E-state index contributed by atoms with van der Waals surface area (Å²) in [7, 11) is 0. The number of fused-ring (bicyclic) bond motifs is 1. The number of halogens is 2. The van der Waals surface area contributed by atoms with Gasteiger partial charge in [-0.2, -0.15) is 0 Å². The van der Waals surface area contributed by atoms with Crippen molar-refractivity contribution in [3.05, 3.63) is 52.2 Å². The minimum Gasteiger partial charge on any atom is -0.365 e. The Labute approximate surface area is 183 Å². The molecule has 5 rings (SSSR count). The van der Waals surface area contributed by atoms with Crippen LogP contribution < -0.4 is 9.80 Å². The van der Waals surface area contributed by atoms with Gasteiger partial charge < -0.3 is 14.3 Å². The van der Waals surface area contributed by atoms with Gasteiger partial charge >= 0.3 is 0 Å². The van der Waals surface area contributed by atoms with Gasteiger partial charge in [-0.25, -0.2) is 14.4 Å². The summed E-state index contributed by atoms with van der Waals surface area (Å²) in [5, 5.41) is 4.24. The van der Waals surface area contributed by atoms with Crippen molar-refractivity contribution in [2.24, 2.45) is 5.92 Å². The zero-order valence-electron chi connectivity index (χ0n) is 17.2. The first kappa shape index (κ1) is 19.9. The van der Waals surface area contributed by atoms with E-state index in [0.29, 0.717) is 28.9 Å². The van der Waals surface area contributed by atoms with Crippen molar-refractivity contribution < 1.29 is 13.7 Å². The average Bonchev–Trinajstić information content (AvgIpc) is 3.27. The zero-order valence-corrected chi connectivity index (χ0v) is 17.9. The number of hydrogen-bond acceptors (Lipinski definition) is 7. The van der Waals surface area contributed by atoms with Gasteiger partial charge in [0.25, 0.3) is 0 Å². The van der Waals surface area contributed by atoms with E-state index in [0.717, 1.165) is 37.4 Å². The van der Waals surface area contributed by atoms with Gasteiger partial charge in [0.1, 0.15) is 5.82 Å². The topological polar surface area (TPSA) is 75.4 Å². The molecule has 2 fully saturated rings. The van der Waals surface area contributed by atoms with E-state index in [1.807, 2.05) is 13.8 Å². The molecule has 2 saturated heterocycles. The van der Waals surface area contributed by atoms with Gasteiger partial charge in [-0.3, -0.25) is 4.79 Å². The third kappa shape index (κ3) is 3.26. The first-order chi connectivity index (χ1) is 15.0. The maximum absolute atomic E-state index is 14.6. The highest BCUT2D eigenvalue weighted by molar-refractivity contribution is 6.31. The van der Waals surface area contributed by atoms with Crippen molar-refractivity contribution in [3.8, 4) is 11.3 Å². The van der Waals surface area contributed by atoms with Gasteiger partial charge in [-0.15, -0.1) is 0 Å². The van der Waals surface area contributed by atoms with Crippen LogP contribution in [0.15, 0.2) is 28.9 Å². The molecule has 7 nitrogen and oxygen atoms in total. The molecule has 0 bridgehead atoms. The Bertz CT molecular complexity index is 1130. The molecule has 2 atom stereocenters.